The van der Waals surface area contributed by atoms with Crippen LogP contribution in [-0.4, -0.2) is 44.3 Å². The fraction of sp³-hybridized carbons (Fsp3) is 1.00. The van der Waals surface area contributed by atoms with Crippen molar-refractivity contribution in [2.24, 2.45) is 34.0 Å². The minimum absolute atomic E-state index is 0.0565. The second-order valence-corrected chi connectivity index (χ2v) is 10.5. The van der Waals surface area contributed by atoms with Crippen LogP contribution in [0, 0.1) is 34.0 Å². The monoisotopic (exact) mass is 338 g/mol. The highest BCUT2D eigenvalue weighted by molar-refractivity contribution is 5.22. The second kappa shape index (κ2) is 4.76. The summed E-state index contributed by atoms with van der Waals surface area (Å²) >= 11 is 0. The first-order valence-corrected chi connectivity index (χ1v) is 9.75. The lowest BCUT2D eigenvalue weighted by atomic mass is 9.38. The van der Waals surface area contributed by atoms with Crippen molar-refractivity contribution < 1.29 is 20.4 Å². The van der Waals surface area contributed by atoms with Gasteiger partial charge in [-0.25, -0.2) is 0 Å². The molecule has 1 unspecified atom stereocenters. The van der Waals surface area contributed by atoms with Crippen LogP contribution in [0.15, 0.2) is 0 Å². The molecule has 4 aliphatic carbocycles. The molecule has 2 bridgehead atoms. The Balaban J connectivity index is 1.83. The van der Waals surface area contributed by atoms with E-state index in [0.29, 0.717) is 12.3 Å². The van der Waals surface area contributed by atoms with Crippen LogP contribution in [0.25, 0.3) is 0 Å². The Kier molecular flexibility index (Phi) is 3.42. The van der Waals surface area contributed by atoms with Crippen molar-refractivity contribution >= 4 is 0 Å². The molecule has 4 rings (SSSR count). The SMILES string of the molecule is CC1(C)[C@@H](O)[C@H](O)C[C@@]2(C)[C@H]1CC[C@H]1C[C@H]3C(O)[C@]12CC[C@]3(C)O. The average molecular weight is 338 g/mol. The lowest BCUT2D eigenvalue weighted by molar-refractivity contribution is -0.258. The quantitative estimate of drug-likeness (QED) is 0.545. The van der Waals surface area contributed by atoms with Gasteiger partial charge in [0.15, 0.2) is 0 Å². The summed E-state index contributed by atoms with van der Waals surface area (Å²) in [5.41, 5.74) is -1.55. The van der Waals surface area contributed by atoms with Gasteiger partial charge in [0.1, 0.15) is 0 Å². The first-order valence-electron chi connectivity index (χ1n) is 9.75. The Labute approximate surface area is 145 Å². The van der Waals surface area contributed by atoms with Crippen molar-refractivity contribution in [2.75, 3.05) is 0 Å². The van der Waals surface area contributed by atoms with Crippen molar-refractivity contribution in [2.45, 2.75) is 90.1 Å². The number of rotatable bonds is 0. The molecule has 0 aromatic rings. The van der Waals surface area contributed by atoms with E-state index < -0.39 is 23.9 Å². The molecule has 0 aromatic carbocycles. The molecule has 4 saturated carbocycles. The summed E-state index contributed by atoms with van der Waals surface area (Å²) in [6.07, 6.45) is 3.18. The zero-order valence-electron chi connectivity index (χ0n) is 15.5. The molecule has 4 heteroatoms. The fourth-order valence-electron chi connectivity index (χ4n) is 8.09. The van der Waals surface area contributed by atoms with E-state index in [-0.39, 0.29) is 28.1 Å². The molecule has 0 heterocycles. The van der Waals surface area contributed by atoms with E-state index in [2.05, 4.69) is 20.8 Å². The summed E-state index contributed by atoms with van der Waals surface area (Å²) in [5.74, 6) is 0.654. The normalized spacial score (nSPS) is 62.0. The second-order valence-electron chi connectivity index (χ2n) is 10.5. The Morgan fingerprint density at radius 3 is 2.21 bits per heavy atom. The molecule has 0 amide bonds. The Morgan fingerprint density at radius 1 is 0.875 bits per heavy atom. The van der Waals surface area contributed by atoms with E-state index in [1.54, 1.807) is 0 Å². The van der Waals surface area contributed by atoms with Crippen LogP contribution >= 0.6 is 0 Å². The maximum atomic E-state index is 11.4. The molecule has 9 atom stereocenters. The minimum Gasteiger partial charge on any atom is -0.392 e. The first-order chi connectivity index (χ1) is 11.0. The average Bonchev–Trinajstić information content (AvgIpc) is 2.70. The van der Waals surface area contributed by atoms with Crippen molar-refractivity contribution in [3.63, 3.8) is 0 Å². The molecule has 4 fully saturated rings. The van der Waals surface area contributed by atoms with E-state index in [9.17, 15) is 20.4 Å². The highest BCUT2D eigenvalue weighted by Crippen LogP contribution is 2.75. The third kappa shape index (κ3) is 1.74. The molecule has 4 N–H and O–H groups in total. The van der Waals surface area contributed by atoms with Crippen LogP contribution in [0.5, 0.6) is 0 Å². The summed E-state index contributed by atoms with van der Waals surface area (Å²) in [4.78, 5) is 0. The summed E-state index contributed by atoms with van der Waals surface area (Å²) < 4.78 is 0. The lowest BCUT2D eigenvalue weighted by Gasteiger charge is -2.67. The van der Waals surface area contributed by atoms with Crippen LogP contribution in [0.3, 0.4) is 0 Å². The third-order valence-electron chi connectivity index (χ3n) is 9.31. The predicted octanol–water partition coefficient (Wildman–Crippen LogP) is 2.08. The minimum atomic E-state index is -0.782. The van der Waals surface area contributed by atoms with Gasteiger partial charge in [-0.05, 0) is 68.1 Å². The van der Waals surface area contributed by atoms with Gasteiger partial charge < -0.3 is 20.4 Å². The summed E-state index contributed by atoms with van der Waals surface area (Å²) in [7, 11) is 0. The summed E-state index contributed by atoms with van der Waals surface area (Å²) in [6, 6.07) is 0. The van der Waals surface area contributed by atoms with Gasteiger partial charge in [0.05, 0.1) is 23.9 Å². The molecule has 1 spiro atoms. The molecular formula is C20H34O4. The van der Waals surface area contributed by atoms with Crippen LogP contribution in [0.2, 0.25) is 0 Å². The molecule has 0 aliphatic heterocycles. The van der Waals surface area contributed by atoms with Gasteiger partial charge in [0.25, 0.3) is 0 Å². The van der Waals surface area contributed by atoms with E-state index in [4.69, 9.17) is 0 Å². The molecule has 24 heavy (non-hydrogen) atoms. The Morgan fingerprint density at radius 2 is 1.54 bits per heavy atom. The van der Waals surface area contributed by atoms with E-state index in [1.165, 1.54) is 0 Å². The summed E-state index contributed by atoms with van der Waals surface area (Å²) in [6.45, 7) is 8.30. The highest BCUT2D eigenvalue weighted by Gasteiger charge is 2.74. The molecular weight excluding hydrogens is 304 g/mol. The van der Waals surface area contributed by atoms with Crippen LogP contribution < -0.4 is 0 Å². The van der Waals surface area contributed by atoms with Gasteiger partial charge in [-0.2, -0.15) is 0 Å². The number of aliphatic hydroxyl groups excluding tert-OH is 3. The van der Waals surface area contributed by atoms with Gasteiger partial charge in [0, 0.05) is 11.3 Å². The summed E-state index contributed by atoms with van der Waals surface area (Å²) in [5, 5.41) is 43.4. The van der Waals surface area contributed by atoms with Crippen molar-refractivity contribution in [3.05, 3.63) is 0 Å². The Bertz CT molecular complexity index is 544. The zero-order valence-corrected chi connectivity index (χ0v) is 15.5. The number of hydrogen-bond donors (Lipinski definition) is 4. The molecule has 0 saturated heterocycles. The van der Waals surface area contributed by atoms with Gasteiger partial charge in [-0.3, -0.25) is 0 Å². The van der Waals surface area contributed by atoms with Crippen LogP contribution in [0.4, 0.5) is 0 Å². The van der Waals surface area contributed by atoms with Gasteiger partial charge in [-0.15, -0.1) is 0 Å². The predicted molar refractivity (Wildman–Crippen MR) is 91.1 cm³/mol. The van der Waals surface area contributed by atoms with Crippen molar-refractivity contribution in [3.8, 4) is 0 Å². The van der Waals surface area contributed by atoms with E-state index in [0.717, 1.165) is 32.1 Å². The van der Waals surface area contributed by atoms with Gasteiger partial charge in [0.2, 0.25) is 0 Å². The molecule has 4 nitrogen and oxygen atoms in total. The number of aliphatic hydroxyl groups is 4. The third-order valence-corrected chi connectivity index (χ3v) is 9.31. The maximum absolute atomic E-state index is 11.4. The van der Waals surface area contributed by atoms with Crippen LogP contribution in [-0.2, 0) is 0 Å². The fourth-order valence-corrected chi connectivity index (χ4v) is 8.09. The molecule has 4 aliphatic rings. The number of hydrogen-bond acceptors (Lipinski definition) is 4. The lowest BCUT2D eigenvalue weighted by Crippen LogP contribution is -2.68. The Hall–Kier alpha value is -0.160. The first kappa shape index (κ1) is 17.3. The molecule has 138 valence electrons. The van der Waals surface area contributed by atoms with E-state index in [1.807, 2.05) is 6.92 Å². The smallest absolute Gasteiger partial charge is 0.0852 e. The van der Waals surface area contributed by atoms with Gasteiger partial charge in [-0.1, -0.05) is 20.8 Å². The van der Waals surface area contributed by atoms with E-state index >= 15 is 0 Å². The van der Waals surface area contributed by atoms with Gasteiger partial charge >= 0.3 is 0 Å². The number of fused-ring (bicyclic) bond motifs is 2. The zero-order chi connectivity index (χ0) is 17.7. The maximum Gasteiger partial charge on any atom is 0.0852 e. The molecule has 0 radical (unpaired) electrons. The van der Waals surface area contributed by atoms with Crippen LogP contribution in [0.1, 0.15) is 66.2 Å². The molecule has 0 aromatic heterocycles. The standard InChI is InChI=1S/C20H34O4/c1-17(2)14-6-5-11-9-12-15(22)20(11,8-7-19(12,4)24)18(14,3)10-13(21)16(17)23/h11-16,21-24H,5-10H2,1-4H3/t11-,12-,13+,14-,15?,16-,18-,19-,20-/m0/s1. The van der Waals surface area contributed by atoms with Crippen molar-refractivity contribution in [1.82, 2.24) is 0 Å². The largest absolute Gasteiger partial charge is 0.392 e. The highest BCUT2D eigenvalue weighted by atomic mass is 16.3. The van der Waals surface area contributed by atoms with Crippen molar-refractivity contribution in [1.29, 1.82) is 0 Å². The topological polar surface area (TPSA) is 80.9 Å².